The molecule has 3 aliphatic heterocycles. The third-order valence-electron chi connectivity index (χ3n) is 17.9. The van der Waals surface area contributed by atoms with Gasteiger partial charge in [0.15, 0.2) is 49.2 Å². The van der Waals surface area contributed by atoms with Gasteiger partial charge in [-0.15, -0.1) is 0 Å². The summed E-state index contributed by atoms with van der Waals surface area (Å²) in [6.45, 7) is 7.76. The van der Waals surface area contributed by atoms with Gasteiger partial charge in [0.05, 0.1) is 91.3 Å². The molecule has 0 bridgehead atoms. The standard InChI is InChI=1S/C75H112N8O35/c1-41(84)80-63-68(114-50(10)93)65(111-47(7)90)59(38-107-45(5)88)117-73(63)104-30-27-101-24-21-76-61(97)35-83(36-62(98)77-22-25-103-29-32-110-75(82-43(3)86)40-109-58(37-106-44(4)87)67(113-49(9)92)70(75)116-52(12)95)57(33-53-13-15-54(16-14-53)34-79-71(99)55-17-19-56(96)20-18-55)72(100)78-23-26-102-28-31-105-74-64(81-42(2)85)69(115-51(11)94)66(112-48(8)91)60(118-74)39-108-46(6)89/h13-16,55-60,63-70,73-74,96H,17-40H2,1-12H3,(H,76,97)(H,77,98)(H,78,100)(H,79,99)(H,80,84)(H,81,85)(H,82,86)/t55-,56+,57?,58?,59?,60?,63?,64?,65?,66?,67?,68?,69?,70?,73?,74?,75?. The van der Waals surface area contributed by atoms with Crippen LogP contribution in [0.3, 0.4) is 0 Å². The average Bonchev–Trinajstić information content (AvgIpc) is 0.783. The van der Waals surface area contributed by atoms with Crippen molar-refractivity contribution in [1.82, 2.24) is 42.1 Å². The monoisotopic (exact) mass is 1680 g/mol. The summed E-state index contributed by atoms with van der Waals surface area (Å²) in [5.74, 6) is -11.6. The molecule has 118 heavy (non-hydrogen) atoms. The van der Waals surface area contributed by atoms with Crippen LogP contribution in [-0.4, -0.2) is 321 Å². The molecule has 5 rings (SSSR count). The van der Waals surface area contributed by atoms with Gasteiger partial charge < -0.3 is 128 Å². The van der Waals surface area contributed by atoms with Gasteiger partial charge in [0.1, 0.15) is 50.2 Å². The van der Waals surface area contributed by atoms with Gasteiger partial charge in [-0.3, -0.25) is 81.6 Å². The van der Waals surface area contributed by atoms with Gasteiger partial charge in [-0.1, -0.05) is 24.3 Å². The number of ether oxygens (including phenoxy) is 18. The van der Waals surface area contributed by atoms with E-state index in [0.29, 0.717) is 36.8 Å². The molecule has 3 saturated heterocycles. The van der Waals surface area contributed by atoms with E-state index in [4.69, 9.17) is 85.3 Å². The highest BCUT2D eigenvalue weighted by atomic mass is 16.7. The van der Waals surface area contributed by atoms with Crippen LogP contribution in [0.15, 0.2) is 24.3 Å². The van der Waals surface area contributed by atoms with Crippen molar-refractivity contribution >= 4 is 95.1 Å². The number of nitrogens with one attached hydrogen (secondary N) is 7. The molecule has 15 atom stereocenters. The van der Waals surface area contributed by atoms with Crippen molar-refractivity contribution < 1.29 is 167 Å². The number of aliphatic hydroxyl groups is 1. The molecule has 0 aromatic heterocycles. The average molecular weight is 1690 g/mol. The number of carbonyl (C=O) groups excluding carboxylic acids is 16. The molecule has 43 nitrogen and oxygen atoms in total. The van der Waals surface area contributed by atoms with Crippen molar-refractivity contribution in [1.29, 1.82) is 0 Å². The summed E-state index contributed by atoms with van der Waals surface area (Å²) in [4.78, 5) is 205. The van der Waals surface area contributed by atoms with Crippen molar-refractivity contribution in [2.75, 3.05) is 119 Å². The van der Waals surface area contributed by atoms with E-state index in [2.05, 4.69) is 37.2 Å². The van der Waals surface area contributed by atoms with Crippen LogP contribution in [0.5, 0.6) is 0 Å². The van der Waals surface area contributed by atoms with Crippen LogP contribution in [0, 0.1) is 5.92 Å². The number of aliphatic hydroxyl groups excluding tert-OH is 1. The maximum Gasteiger partial charge on any atom is 0.303 e. The smallest absolute Gasteiger partial charge is 0.303 e. The topological polar surface area (TPSA) is 547 Å². The van der Waals surface area contributed by atoms with Gasteiger partial charge in [0, 0.05) is 115 Å². The Morgan fingerprint density at radius 2 is 0.856 bits per heavy atom. The first-order chi connectivity index (χ1) is 55.9. The number of nitrogens with zero attached hydrogens (tertiary/aromatic N) is 1. The predicted molar refractivity (Wildman–Crippen MR) is 397 cm³/mol. The van der Waals surface area contributed by atoms with E-state index in [0.717, 1.165) is 69.2 Å². The van der Waals surface area contributed by atoms with Crippen LogP contribution >= 0.6 is 0 Å². The first-order valence-electron chi connectivity index (χ1n) is 38.3. The van der Waals surface area contributed by atoms with E-state index in [9.17, 15) is 81.8 Å². The minimum atomic E-state index is -2.00. The Hall–Kier alpha value is -9.70. The Labute approximate surface area is 681 Å². The van der Waals surface area contributed by atoms with Crippen LogP contribution in [0.2, 0.25) is 0 Å². The molecule has 8 N–H and O–H groups in total. The summed E-state index contributed by atoms with van der Waals surface area (Å²) in [6, 6.07) is 2.97. The molecule has 43 heteroatoms. The second-order valence-electron chi connectivity index (χ2n) is 27.8. The van der Waals surface area contributed by atoms with Crippen LogP contribution in [-0.2, 0) is 175 Å². The third-order valence-corrected chi connectivity index (χ3v) is 17.9. The maximum absolute atomic E-state index is 14.9. The molecule has 662 valence electrons. The summed E-state index contributed by atoms with van der Waals surface area (Å²) in [7, 11) is 0. The normalized spacial score (nSPS) is 24.9. The quantitative estimate of drug-likeness (QED) is 0.0136. The fourth-order valence-corrected chi connectivity index (χ4v) is 13.1. The highest BCUT2D eigenvalue weighted by molar-refractivity contribution is 5.86. The molecule has 4 aliphatic rings. The third kappa shape index (κ3) is 35.5. The molecule has 1 aromatic rings. The molecule has 7 amide bonds. The number of amides is 7. The van der Waals surface area contributed by atoms with Crippen LogP contribution in [0.25, 0.3) is 0 Å². The second kappa shape index (κ2) is 50.9. The molecule has 0 radical (unpaired) electrons. The maximum atomic E-state index is 14.9. The number of hydrogen-bond donors (Lipinski definition) is 8. The first kappa shape index (κ1) is 98.9. The lowest BCUT2D eigenvalue weighted by molar-refractivity contribution is -0.279. The highest BCUT2D eigenvalue weighted by Gasteiger charge is 2.58. The Kier molecular flexibility index (Phi) is 42.7. The summed E-state index contributed by atoms with van der Waals surface area (Å²) in [5, 5.41) is 29.0. The van der Waals surface area contributed by atoms with E-state index in [-0.39, 0.29) is 104 Å². The SMILES string of the molecule is CC(=O)NC1C(OCCOCCNC(=O)CN(CC(=O)NCCOCCOC2(NC(C)=O)COC(COC(C)=O)C(OC(C)=O)C2OC(C)=O)C(Cc2ccc(CNC(=O)[C@H]3CC[C@@H](O)CC3)cc2)C(=O)NCCOCCOC2OC(COC(C)=O)C(OC(C)=O)C(OC(C)=O)C2NC(C)=O)OC(COC(C)=O)C(OC(C)=O)C1OC(C)=O. The lowest BCUT2D eigenvalue weighted by atomic mass is 9.87. The predicted octanol–water partition coefficient (Wildman–Crippen LogP) is -3.51. The van der Waals surface area contributed by atoms with Crippen LogP contribution in [0.1, 0.15) is 120 Å². The van der Waals surface area contributed by atoms with Crippen molar-refractivity contribution in [3.05, 3.63) is 35.4 Å². The summed E-state index contributed by atoms with van der Waals surface area (Å²) < 4.78 is 102. The van der Waals surface area contributed by atoms with E-state index in [1.807, 2.05) is 0 Å². The van der Waals surface area contributed by atoms with E-state index < -0.39 is 226 Å². The molecule has 1 aliphatic carbocycles. The second-order valence-corrected chi connectivity index (χ2v) is 27.8. The van der Waals surface area contributed by atoms with E-state index in [1.54, 1.807) is 24.3 Å². The van der Waals surface area contributed by atoms with E-state index in [1.165, 1.54) is 18.7 Å². The van der Waals surface area contributed by atoms with Crippen molar-refractivity contribution in [2.24, 2.45) is 5.92 Å². The van der Waals surface area contributed by atoms with Gasteiger partial charge in [-0.05, 0) is 43.2 Å². The number of carbonyl (C=O) groups is 16. The van der Waals surface area contributed by atoms with Crippen LogP contribution < -0.4 is 37.2 Å². The molecular formula is C75H112N8O35. The molecule has 3 heterocycles. The van der Waals surface area contributed by atoms with Gasteiger partial charge in [0.2, 0.25) is 47.1 Å². The lowest BCUT2D eigenvalue weighted by Gasteiger charge is -2.48. The lowest BCUT2D eigenvalue weighted by Crippen LogP contribution is -2.72. The number of esters is 9. The zero-order chi connectivity index (χ0) is 87.2. The minimum absolute atomic E-state index is 0.144. The largest absolute Gasteiger partial charge is 0.463 e. The fourth-order valence-electron chi connectivity index (χ4n) is 13.1. The minimum Gasteiger partial charge on any atom is -0.463 e. The molecule has 0 spiro atoms. The van der Waals surface area contributed by atoms with Crippen molar-refractivity contribution in [2.45, 2.75) is 219 Å². The summed E-state index contributed by atoms with van der Waals surface area (Å²) >= 11 is 0. The number of hydrogen-bond acceptors (Lipinski definition) is 36. The Bertz CT molecular complexity index is 3530. The molecular weight excluding hydrogens is 1570 g/mol. The molecule has 4 fully saturated rings. The summed E-state index contributed by atoms with van der Waals surface area (Å²) in [6.07, 6.45) is -13.7. The van der Waals surface area contributed by atoms with Crippen molar-refractivity contribution in [3.8, 4) is 0 Å². The van der Waals surface area contributed by atoms with Crippen molar-refractivity contribution in [3.63, 3.8) is 0 Å². The number of rotatable bonds is 47. The van der Waals surface area contributed by atoms with Gasteiger partial charge in [-0.2, -0.15) is 0 Å². The number of benzene rings is 1. The Morgan fingerprint density at radius 1 is 0.449 bits per heavy atom. The summed E-state index contributed by atoms with van der Waals surface area (Å²) in [5.41, 5.74) is -0.773. The molecule has 1 aromatic carbocycles. The zero-order valence-electron chi connectivity index (χ0n) is 68.3. The highest BCUT2D eigenvalue weighted by Crippen LogP contribution is 2.34. The van der Waals surface area contributed by atoms with Gasteiger partial charge in [-0.25, -0.2) is 0 Å². The van der Waals surface area contributed by atoms with Gasteiger partial charge >= 0.3 is 53.7 Å². The molecule has 15 unspecified atom stereocenters. The molecule has 1 saturated carbocycles. The van der Waals surface area contributed by atoms with E-state index >= 15 is 0 Å². The fraction of sp³-hybridized carbons (Fsp3) is 0.707. The Balaban J connectivity index is 1.36. The zero-order valence-corrected chi connectivity index (χ0v) is 68.3. The van der Waals surface area contributed by atoms with Gasteiger partial charge in [0.25, 0.3) is 0 Å². The Morgan fingerprint density at radius 3 is 1.28 bits per heavy atom. The first-order valence-corrected chi connectivity index (χ1v) is 38.3. The van der Waals surface area contributed by atoms with Crippen LogP contribution in [0.4, 0.5) is 0 Å².